The third kappa shape index (κ3) is 4.93. The lowest BCUT2D eigenvalue weighted by Crippen LogP contribution is -2.39. The smallest absolute Gasteiger partial charge is 0.178 e. The minimum atomic E-state index is -0.756. The average molecular weight is 407 g/mol. The first-order valence-electron chi connectivity index (χ1n) is 9.87. The second-order valence-electron chi connectivity index (χ2n) is 8.00. The monoisotopic (exact) mass is 406 g/mol. The summed E-state index contributed by atoms with van der Waals surface area (Å²) in [4.78, 5) is 2.18. The molecule has 0 bridgehead atoms. The molecule has 29 heavy (non-hydrogen) atoms. The summed E-state index contributed by atoms with van der Waals surface area (Å²) in [5.41, 5.74) is 4.48. The summed E-state index contributed by atoms with van der Waals surface area (Å²) in [6, 6.07) is 20.7. The molecule has 0 saturated carbocycles. The Bertz CT molecular complexity index is 1070. The molecule has 4 nitrogen and oxygen atoms in total. The third-order valence-corrected chi connectivity index (χ3v) is 6.04. The van der Waals surface area contributed by atoms with E-state index in [0.29, 0.717) is 13.0 Å². The van der Waals surface area contributed by atoms with Crippen molar-refractivity contribution in [3.8, 4) is 11.3 Å². The summed E-state index contributed by atoms with van der Waals surface area (Å²) in [7, 11) is 2.05. The maximum atomic E-state index is 10.9. The molecule has 2 heterocycles. The van der Waals surface area contributed by atoms with Crippen LogP contribution in [-0.4, -0.2) is 34.4 Å². The first-order valence-corrected chi connectivity index (χ1v) is 10.8. The van der Waals surface area contributed by atoms with Crippen LogP contribution < -0.4 is 0 Å². The van der Waals surface area contributed by atoms with E-state index in [9.17, 15) is 5.11 Å². The number of benzene rings is 2. The van der Waals surface area contributed by atoms with Crippen LogP contribution in [0.2, 0.25) is 0 Å². The number of hydrogen-bond donors (Lipinski definition) is 1. The lowest BCUT2D eigenvalue weighted by Gasteiger charge is -2.29. The number of aromatic nitrogens is 1. The SMILES string of the molecule is CN(Cc1ccccc1)C[C@@](C)(O)CCc1cccc(-c2noc3ccsc23)c1. The van der Waals surface area contributed by atoms with Crippen molar-refractivity contribution in [3.05, 3.63) is 77.2 Å². The fraction of sp³-hybridized carbons (Fsp3) is 0.292. The molecule has 1 atom stereocenters. The van der Waals surface area contributed by atoms with Crippen molar-refractivity contribution in [2.45, 2.75) is 31.9 Å². The second-order valence-corrected chi connectivity index (χ2v) is 8.92. The van der Waals surface area contributed by atoms with Crippen molar-refractivity contribution in [2.75, 3.05) is 13.6 Å². The Kier molecular flexibility index (Phi) is 5.81. The normalized spacial score (nSPS) is 13.8. The van der Waals surface area contributed by atoms with Crippen LogP contribution in [0.4, 0.5) is 0 Å². The number of likely N-dealkylation sites (N-methyl/N-ethyl adjacent to an activating group) is 1. The van der Waals surface area contributed by atoms with E-state index >= 15 is 0 Å². The molecule has 0 aliphatic heterocycles. The molecule has 0 unspecified atom stereocenters. The molecule has 4 rings (SSSR count). The van der Waals surface area contributed by atoms with Gasteiger partial charge < -0.3 is 9.63 Å². The largest absolute Gasteiger partial charge is 0.389 e. The Morgan fingerprint density at radius 3 is 2.69 bits per heavy atom. The molecule has 0 aliphatic rings. The van der Waals surface area contributed by atoms with Crippen LogP contribution >= 0.6 is 11.3 Å². The van der Waals surface area contributed by atoms with Crippen LogP contribution in [0, 0.1) is 0 Å². The number of aliphatic hydroxyl groups is 1. The fourth-order valence-electron chi connectivity index (χ4n) is 3.76. The highest BCUT2D eigenvalue weighted by atomic mass is 32.1. The van der Waals surface area contributed by atoms with Crippen LogP contribution in [0.25, 0.3) is 21.5 Å². The quantitative estimate of drug-likeness (QED) is 0.427. The van der Waals surface area contributed by atoms with Gasteiger partial charge in [0.05, 0.1) is 5.60 Å². The molecule has 1 N–H and O–H groups in total. The van der Waals surface area contributed by atoms with E-state index in [4.69, 9.17) is 4.52 Å². The number of fused-ring (bicyclic) bond motifs is 1. The van der Waals surface area contributed by atoms with Crippen LogP contribution in [0.3, 0.4) is 0 Å². The lowest BCUT2D eigenvalue weighted by molar-refractivity contribution is 0.0178. The zero-order valence-corrected chi connectivity index (χ0v) is 17.7. The van der Waals surface area contributed by atoms with Gasteiger partial charge in [-0.05, 0) is 55.5 Å². The fourth-order valence-corrected chi connectivity index (χ4v) is 4.58. The van der Waals surface area contributed by atoms with Gasteiger partial charge in [0, 0.05) is 18.7 Å². The molecule has 2 aromatic heterocycles. The van der Waals surface area contributed by atoms with Crippen molar-refractivity contribution in [1.82, 2.24) is 10.1 Å². The van der Waals surface area contributed by atoms with Crippen molar-refractivity contribution in [1.29, 1.82) is 0 Å². The van der Waals surface area contributed by atoms with Crippen molar-refractivity contribution < 1.29 is 9.63 Å². The minimum Gasteiger partial charge on any atom is -0.389 e. The number of nitrogens with zero attached hydrogens (tertiary/aromatic N) is 2. The van der Waals surface area contributed by atoms with E-state index in [2.05, 4.69) is 53.5 Å². The highest BCUT2D eigenvalue weighted by Crippen LogP contribution is 2.32. The standard InChI is InChI=1S/C24H26N2O2S/c1-24(27,17-26(2)16-19-7-4-3-5-8-19)13-11-18-9-6-10-20(15-18)22-23-21(28-25-22)12-14-29-23/h3-10,12,14-15,27H,11,13,16-17H2,1-2H3/t24-/m0/s1. The Labute approximate surface area is 175 Å². The first-order chi connectivity index (χ1) is 14.0. The second kappa shape index (κ2) is 8.49. The van der Waals surface area contributed by atoms with Crippen LogP contribution in [0.15, 0.2) is 70.6 Å². The van der Waals surface area contributed by atoms with Gasteiger partial charge in [-0.3, -0.25) is 4.90 Å². The maximum Gasteiger partial charge on any atom is 0.178 e. The van der Waals surface area contributed by atoms with Gasteiger partial charge in [-0.15, -0.1) is 11.3 Å². The van der Waals surface area contributed by atoms with Crippen LogP contribution in [0.1, 0.15) is 24.5 Å². The highest BCUT2D eigenvalue weighted by molar-refractivity contribution is 7.17. The van der Waals surface area contributed by atoms with Gasteiger partial charge in [0.2, 0.25) is 0 Å². The molecule has 5 heteroatoms. The molecule has 150 valence electrons. The van der Waals surface area contributed by atoms with Gasteiger partial charge in [0.1, 0.15) is 10.4 Å². The Morgan fingerprint density at radius 1 is 1.07 bits per heavy atom. The van der Waals surface area contributed by atoms with Crippen molar-refractivity contribution >= 4 is 21.6 Å². The summed E-state index contributed by atoms with van der Waals surface area (Å²) in [5.74, 6) is 0. The zero-order valence-electron chi connectivity index (χ0n) is 16.8. The number of rotatable bonds is 8. The van der Waals surface area contributed by atoms with Gasteiger partial charge in [-0.2, -0.15) is 0 Å². The molecule has 4 aromatic rings. The minimum absolute atomic E-state index is 0.626. The molecule has 0 radical (unpaired) electrons. The van der Waals surface area contributed by atoms with Crippen molar-refractivity contribution in [2.24, 2.45) is 0 Å². The summed E-state index contributed by atoms with van der Waals surface area (Å²) in [5, 5.41) is 17.2. The molecule has 0 aliphatic carbocycles. The van der Waals surface area contributed by atoms with Gasteiger partial charge >= 0.3 is 0 Å². The average Bonchev–Trinajstić information content (AvgIpc) is 3.31. The Hall–Kier alpha value is -2.47. The van der Waals surface area contributed by atoms with Gasteiger partial charge in [-0.1, -0.05) is 53.7 Å². The molecule has 2 aromatic carbocycles. The summed E-state index contributed by atoms with van der Waals surface area (Å²) >= 11 is 1.64. The lowest BCUT2D eigenvalue weighted by atomic mass is 9.95. The summed E-state index contributed by atoms with van der Waals surface area (Å²) in [6.45, 7) is 3.38. The van der Waals surface area contributed by atoms with Crippen LogP contribution in [-0.2, 0) is 13.0 Å². The predicted octanol–water partition coefficient (Wildman–Crippen LogP) is 5.37. The van der Waals surface area contributed by atoms with Gasteiger partial charge in [-0.25, -0.2) is 0 Å². The third-order valence-electron chi connectivity index (χ3n) is 5.14. The van der Waals surface area contributed by atoms with Crippen molar-refractivity contribution in [3.63, 3.8) is 0 Å². The molecule has 0 fully saturated rings. The van der Waals surface area contributed by atoms with E-state index in [-0.39, 0.29) is 0 Å². The summed E-state index contributed by atoms with van der Waals surface area (Å²) < 4.78 is 6.49. The van der Waals surface area contributed by atoms with Crippen LogP contribution in [0.5, 0.6) is 0 Å². The molecule has 0 spiro atoms. The van der Waals surface area contributed by atoms with Gasteiger partial charge in [0.25, 0.3) is 0 Å². The summed E-state index contributed by atoms with van der Waals surface area (Å²) in [6.07, 6.45) is 1.51. The Balaban J connectivity index is 1.38. The molecular weight excluding hydrogens is 380 g/mol. The molecular formula is C24H26N2O2S. The molecule has 0 saturated heterocycles. The van der Waals surface area contributed by atoms with Gasteiger partial charge in [0.15, 0.2) is 5.58 Å². The topological polar surface area (TPSA) is 49.5 Å². The Morgan fingerprint density at radius 2 is 1.86 bits per heavy atom. The molecule has 0 amide bonds. The van der Waals surface area contributed by atoms with E-state index in [0.717, 1.165) is 34.5 Å². The number of aryl methyl sites for hydroxylation is 1. The highest BCUT2D eigenvalue weighted by Gasteiger charge is 2.22. The zero-order chi connectivity index (χ0) is 20.3. The van der Waals surface area contributed by atoms with E-state index in [1.807, 2.05) is 36.6 Å². The number of hydrogen-bond acceptors (Lipinski definition) is 5. The first kappa shape index (κ1) is 19.8. The maximum absolute atomic E-state index is 10.9. The van der Waals surface area contributed by atoms with E-state index in [1.165, 1.54) is 11.1 Å². The van der Waals surface area contributed by atoms with E-state index in [1.54, 1.807) is 11.3 Å². The number of thiophene rings is 1. The predicted molar refractivity (Wildman–Crippen MR) is 119 cm³/mol. The van der Waals surface area contributed by atoms with E-state index < -0.39 is 5.60 Å².